The number of aromatic nitrogens is 1. The number of nitrogens with zero attached hydrogens (tertiary/aromatic N) is 3. The van der Waals surface area contributed by atoms with Crippen LogP contribution in [0.1, 0.15) is 24.6 Å². The summed E-state index contributed by atoms with van der Waals surface area (Å²) in [6.45, 7) is 3.84. The summed E-state index contributed by atoms with van der Waals surface area (Å²) in [5, 5.41) is 12.2. The molecule has 2 aromatic rings. The lowest BCUT2D eigenvalue weighted by atomic mass is 10.2. The van der Waals surface area contributed by atoms with Crippen LogP contribution in [-0.4, -0.2) is 18.6 Å². The predicted molar refractivity (Wildman–Crippen MR) is 86.3 cm³/mol. The highest BCUT2D eigenvalue weighted by Crippen LogP contribution is 2.17. The van der Waals surface area contributed by atoms with Gasteiger partial charge in [0.25, 0.3) is 0 Å². The van der Waals surface area contributed by atoms with E-state index in [2.05, 4.69) is 34.3 Å². The third-order valence-electron chi connectivity index (χ3n) is 3.23. The standard InChI is InChI=1S/C17H20N4/c1-3-9-19-15-8-10-20-16(11-15)13-21(2)17-6-4-14(12-18)5-7-17/h4-8,10-11H,3,9,13H2,1-2H3,(H,19,20). The molecule has 0 bridgehead atoms. The van der Waals surface area contributed by atoms with Crippen LogP contribution in [0.4, 0.5) is 11.4 Å². The van der Waals surface area contributed by atoms with E-state index in [1.807, 2.05) is 43.6 Å². The van der Waals surface area contributed by atoms with E-state index in [1.54, 1.807) is 0 Å². The zero-order valence-electron chi connectivity index (χ0n) is 12.5. The van der Waals surface area contributed by atoms with Gasteiger partial charge < -0.3 is 10.2 Å². The molecular weight excluding hydrogens is 260 g/mol. The smallest absolute Gasteiger partial charge is 0.0991 e. The van der Waals surface area contributed by atoms with Crippen LogP contribution in [0.5, 0.6) is 0 Å². The normalized spacial score (nSPS) is 9.95. The summed E-state index contributed by atoms with van der Waals surface area (Å²) in [6, 6.07) is 13.8. The molecule has 1 N–H and O–H groups in total. The van der Waals surface area contributed by atoms with Crippen molar-refractivity contribution in [2.24, 2.45) is 0 Å². The SMILES string of the molecule is CCCNc1ccnc(CN(C)c2ccc(C#N)cc2)c1. The van der Waals surface area contributed by atoms with E-state index in [0.717, 1.165) is 36.6 Å². The molecular formula is C17H20N4. The Morgan fingerprint density at radius 2 is 2.00 bits per heavy atom. The van der Waals surface area contributed by atoms with Crippen molar-refractivity contribution in [1.29, 1.82) is 5.26 Å². The Morgan fingerprint density at radius 3 is 2.67 bits per heavy atom. The summed E-state index contributed by atoms with van der Waals surface area (Å²) in [5.41, 5.74) is 3.87. The van der Waals surface area contributed by atoms with E-state index in [1.165, 1.54) is 0 Å². The van der Waals surface area contributed by atoms with Crippen molar-refractivity contribution >= 4 is 11.4 Å². The zero-order valence-corrected chi connectivity index (χ0v) is 12.5. The van der Waals surface area contributed by atoms with Gasteiger partial charge in [-0.3, -0.25) is 4.98 Å². The van der Waals surface area contributed by atoms with Gasteiger partial charge in [-0.05, 0) is 42.8 Å². The second-order valence-corrected chi connectivity index (χ2v) is 4.98. The minimum atomic E-state index is 0.677. The van der Waals surface area contributed by atoms with Crippen LogP contribution in [-0.2, 0) is 6.54 Å². The average Bonchev–Trinajstić information content (AvgIpc) is 2.53. The number of anilines is 2. The molecule has 0 aliphatic rings. The predicted octanol–water partition coefficient (Wildman–Crippen LogP) is 3.41. The van der Waals surface area contributed by atoms with Gasteiger partial charge in [0.05, 0.1) is 23.9 Å². The van der Waals surface area contributed by atoms with Crippen molar-refractivity contribution in [3.8, 4) is 6.07 Å². The third-order valence-corrected chi connectivity index (χ3v) is 3.23. The first-order valence-corrected chi connectivity index (χ1v) is 7.13. The van der Waals surface area contributed by atoms with Gasteiger partial charge in [-0.1, -0.05) is 6.92 Å². The first-order valence-electron chi connectivity index (χ1n) is 7.13. The van der Waals surface area contributed by atoms with Gasteiger partial charge in [0.1, 0.15) is 0 Å². The van der Waals surface area contributed by atoms with E-state index in [0.29, 0.717) is 5.56 Å². The number of pyridine rings is 1. The zero-order chi connectivity index (χ0) is 15.1. The molecule has 4 heteroatoms. The van der Waals surface area contributed by atoms with E-state index < -0.39 is 0 Å². The average molecular weight is 280 g/mol. The van der Waals surface area contributed by atoms with Crippen molar-refractivity contribution in [2.45, 2.75) is 19.9 Å². The van der Waals surface area contributed by atoms with Gasteiger partial charge in [-0.15, -0.1) is 0 Å². The Morgan fingerprint density at radius 1 is 1.24 bits per heavy atom. The third kappa shape index (κ3) is 4.22. The van der Waals surface area contributed by atoms with Crippen LogP contribution in [0.25, 0.3) is 0 Å². The van der Waals surface area contributed by atoms with Crippen molar-refractivity contribution in [3.63, 3.8) is 0 Å². The van der Waals surface area contributed by atoms with E-state index in [4.69, 9.17) is 5.26 Å². The summed E-state index contributed by atoms with van der Waals surface area (Å²) in [7, 11) is 2.02. The number of hydrogen-bond acceptors (Lipinski definition) is 4. The first-order chi connectivity index (χ1) is 10.2. The molecule has 2 rings (SSSR count). The van der Waals surface area contributed by atoms with Crippen molar-refractivity contribution in [2.75, 3.05) is 23.8 Å². The second kappa shape index (κ2) is 7.30. The fraction of sp³-hybridized carbons (Fsp3) is 0.294. The number of hydrogen-bond donors (Lipinski definition) is 1. The summed E-state index contributed by atoms with van der Waals surface area (Å²) >= 11 is 0. The first kappa shape index (κ1) is 14.9. The number of benzene rings is 1. The fourth-order valence-corrected chi connectivity index (χ4v) is 2.07. The molecule has 1 aromatic carbocycles. The molecule has 0 atom stereocenters. The lowest BCUT2D eigenvalue weighted by Gasteiger charge is -2.19. The summed E-state index contributed by atoms with van der Waals surface area (Å²) in [4.78, 5) is 6.53. The number of nitrogens with one attached hydrogen (secondary N) is 1. The van der Waals surface area contributed by atoms with Crippen LogP contribution >= 0.6 is 0 Å². The van der Waals surface area contributed by atoms with Gasteiger partial charge >= 0.3 is 0 Å². The topological polar surface area (TPSA) is 52.0 Å². The monoisotopic (exact) mass is 280 g/mol. The Labute approximate surface area is 126 Å². The van der Waals surface area contributed by atoms with Crippen LogP contribution < -0.4 is 10.2 Å². The molecule has 0 fully saturated rings. The van der Waals surface area contributed by atoms with Gasteiger partial charge in [0.15, 0.2) is 0 Å². The molecule has 0 radical (unpaired) electrons. The van der Waals surface area contributed by atoms with Crippen LogP contribution in [0.15, 0.2) is 42.6 Å². The molecule has 0 amide bonds. The lowest BCUT2D eigenvalue weighted by molar-refractivity contribution is 0.883. The lowest BCUT2D eigenvalue weighted by Crippen LogP contribution is -2.17. The van der Waals surface area contributed by atoms with Crippen molar-refractivity contribution in [1.82, 2.24) is 4.98 Å². The minimum absolute atomic E-state index is 0.677. The fourth-order valence-electron chi connectivity index (χ4n) is 2.07. The van der Waals surface area contributed by atoms with E-state index in [9.17, 15) is 0 Å². The summed E-state index contributed by atoms with van der Waals surface area (Å²) in [6.07, 6.45) is 2.93. The maximum atomic E-state index is 8.82. The summed E-state index contributed by atoms with van der Waals surface area (Å²) in [5.74, 6) is 0. The maximum absolute atomic E-state index is 8.82. The quantitative estimate of drug-likeness (QED) is 0.881. The maximum Gasteiger partial charge on any atom is 0.0991 e. The Hall–Kier alpha value is -2.54. The Bertz CT molecular complexity index is 613. The van der Waals surface area contributed by atoms with Gasteiger partial charge in [-0.2, -0.15) is 5.26 Å². The van der Waals surface area contributed by atoms with Gasteiger partial charge in [0, 0.05) is 31.2 Å². The van der Waals surface area contributed by atoms with Gasteiger partial charge in [-0.25, -0.2) is 0 Å². The molecule has 21 heavy (non-hydrogen) atoms. The molecule has 4 nitrogen and oxygen atoms in total. The number of nitriles is 1. The molecule has 0 spiro atoms. The van der Waals surface area contributed by atoms with E-state index in [-0.39, 0.29) is 0 Å². The van der Waals surface area contributed by atoms with E-state index >= 15 is 0 Å². The molecule has 0 saturated carbocycles. The summed E-state index contributed by atoms with van der Waals surface area (Å²) < 4.78 is 0. The molecule has 108 valence electrons. The Kier molecular flexibility index (Phi) is 5.16. The Balaban J connectivity index is 2.04. The molecule has 0 aliphatic heterocycles. The van der Waals surface area contributed by atoms with Crippen molar-refractivity contribution < 1.29 is 0 Å². The van der Waals surface area contributed by atoms with Gasteiger partial charge in [0.2, 0.25) is 0 Å². The second-order valence-electron chi connectivity index (χ2n) is 4.98. The molecule has 0 unspecified atom stereocenters. The highest BCUT2D eigenvalue weighted by atomic mass is 15.1. The largest absolute Gasteiger partial charge is 0.385 e. The minimum Gasteiger partial charge on any atom is -0.385 e. The van der Waals surface area contributed by atoms with Crippen LogP contribution in [0, 0.1) is 11.3 Å². The molecule has 1 heterocycles. The highest BCUT2D eigenvalue weighted by Gasteiger charge is 2.04. The van der Waals surface area contributed by atoms with Crippen LogP contribution in [0.2, 0.25) is 0 Å². The molecule has 1 aromatic heterocycles. The molecule has 0 saturated heterocycles. The van der Waals surface area contributed by atoms with Crippen LogP contribution in [0.3, 0.4) is 0 Å². The highest BCUT2D eigenvalue weighted by molar-refractivity contribution is 5.50. The molecule has 0 aliphatic carbocycles. The number of rotatable bonds is 6. The van der Waals surface area contributed by atoms with Crippen molar-refractivity contribution in [3.05, 3.63) is 53.9 Å².